The van der Waals surface area contributed by atoms with Crippen LogP contribution in [0.4, 0.5) is 5.69 Å². The highest BCUT2D eigenvalue weighted by Gasteiger charge is 2.19. The summed E-state index contributed by atoms with van der Waals surface area (Å²) in [7, 11) is 0. The van der Waals surface area contributed by atoms with Crippen LogP contribution in [0.5, 0.6) is 0 Å². The van der Waals surface area contributed by atoms with E-state index in [2.05, 4.69) is 10.3 Å². The number of amides is 2. The predicted octanol–water partition coefficient (Wildman–Crippen LogP) is 3.99. The lowest BCUT2D eigenvalue weighted by Crippen LogP contribution is -2.32. The first-order valence-corrected chi connectivity index (χ1v) is 9.27. The molecule has 3 aromatic rings. The van der Waals surface area contributed by atoms with Gasteiger partial charge in [0.15, 0.2) is 0 Å². The predicted molar refractivity (Wildman–Crippen MR) is 110 cm³/mol. The molecule has 5 heteroatoms. The summed E-state index contributed by atoms with van der Waals surface area (Å²) in [5.74, 6) is -0.539. The first-order valence-electron chi connectivity index (χ1n) is 9.27. The summed E-state index contributed by atoms with van der Waals surface area (Å²) in [6, 6.07) is 22.2. The van der Waals surface area contributed by atoms with E-state index in [0.29, 0.717) is 13.1 Å². The summed E-state index contributed by atoms with van der Waals surface area (Å²) in [6.45, 7) is 4.83. The number of nitrogens with one attached hydrogen (secondary N) is 1. The van der Waals surface area contributed by atoms with E-state index < -0.39 is 0 Å². The molecule has 0 bridgehead atoms. The number of aryl methyl sites for hydroxylation is 1. The minimum atomic E-state index is -0.305. The number of pyridine rings is 1. The number of nitrogens with zero attached hydrogens (tertiary/aromatic N) is 2. The summed E-state index contributed by atoms with van der Waals surface area (Å²) in [5.41, 5.74) is 3.43. The largest absolute Gasteiger partial charge is 0.347 e. The van der Waals surface area contributed by atoms with Gasteiger partial charge in [0.2, 0.25) is 0 Å². The molecule has 0 fully saturated rings. The molecule has 0 aliphatic heterocycles. The topological polar surface area (TPSA) is 62.3 Å². The summed E-state index contributed by atoms with van der Waals surface area (Å²) in [5, 5.41) is 2.87. The van der Waals surface area contributed by atoms with Crippen LogP contribution in [0.2, 0.25) is 0 Å². The van der Waals surface area contributed by atoms with Gasteiger partial charge in [-0.1, -0.05) is 48.5 Å². The van der Waals surface area contributed by atoms with Gasteiger partial charge in [0.25, 0.3) is 11.8 Å². The van der Waals surface area contributed by atoms with E-state index >= 15 is 0 Å². The number of anilines is 1. The first kappa shape index (κ1) is 19.3. The summed E-state index contributed by atoms with van der Waals surface area (Å²) in [4.78, 5) is 31.4. The van der Waals surface area contributed by atoms with E-state index in [0.717, 1.165) is 16.8 Å². The van der Waals surface area contributed by atoms with Crippen LogP contribution >= 0.6 is 0 Å². The number of hydrogen-bond acceptors (Lipinski definition) is 3. The zero-order valence-electron chi connectivity index (χ0n) is 16.1. The maximum absolute atomic E-state index is 12.9. The Hall–Kier alpha value is -3.47. The molecule has 0 saturated heterocycles. The van der Waals surface area contributed by atoms with Gasteiger partial charge in [0.05, 0.1) is 0 Å². The molecule has 0 radical (unpaired) electrons. The third-order valence-electron chi connectivity index (χ3n) is 4.53. The van der Waals surface area contributed by atoms with E-state index in [9.17, 15) is 9.59 Å². The van der Waals surface area contributed by atoms with Gasteiger partial charge < -0.3 is 10.2 Å². The van der Waals surface area contributed by atoms with Gasteiger partial charge in [-0.25, -0.2) is 4.98 Å². The molecule has 0 saturated carbocycles. The quantitative estimate of drug-likeness (QED) is 0.711. The summed E-state index contributed by atoms with van der Waals surface area (Å²) in [6.07, 6.45) is 0. The molecule has 142 valence electrons. The monoisotopic (exact) mass is 373 g/mol. The molecule has 1 N–H and O–H groups in total. The molecular weight excluding hydrogens is 350 g/mol. The molecule has 0 atom stereocenters. The fourth-order valence-electron chi connectivity index (χ4n) is 2.94. The second kappa shape index (κ2) is 8.95. The van der Waals surface area contributed by atoms with Crippen molar-refractivity contribution >= 4 is 17.5 Å². The van der Waals surface area contributed by atoms with E-state index in [4.69, 9.17) is 0 Å². The lowest BCUT2D eigenvalue weighted by Gasteiger charge is -2.20. The maximum Gasteiger partial charge on any atom is 0.276 e. The summed E-state index contributed by atoms with van der Waals surface area (Å²) >= 11 is 0. The molecule has 5 nitrogen and oxygen atoms in total. The fraction of sp³-hybridized carbons (Fsp3) is 0.174. The molecule has 2 amide bonds. The van der Waals surface area contributed by atoms with Crippen molar-refractivity contribution in [2.45, 2.75) is 20.4 Å². The highest BCUT2D eigenvalue weighted by atomic mass is 16.2. The Kier molecular flexibility index (Phi) is 6.17. The number of hydrogen-bond donors (Lipinski definition) is 1. The lowest BCUT2D eigenvalue weighted by molar-refractivity contribution is 0.0945. The van der Waals surface area contributed by atoms with Crippen LogP contribution in [0.15, 0.2) is 72.8 Å². The van der Waals surface area contributed by atoms with E-state index in [1.807, 2.05) is 68.4 Å². The van der Waals surface area contributed by atoms with Crippen molar-refractivity contribution in [1.29, 1.82) is 0 Å². The van der Waals surface area contributed by atoms with Gasteiger partial charge in [-0.05, 0) is 49.2 Å². The van der Waals surface area contributed by atoms with E-state index in [1.165, 1.54) is 0 Å². The van der Waals surface area contributed by atoms with Crippen molar-refractivity contribution in [3.63, 3.8) is 0 Å². The summed E-state index contributed by atoms with van der Waals surface area (Å²) < 4.78 is 0. The second-order valence-corrected chi connectivity index (χ2v) is 6.40. The van der Waals surface area contributed by atoms with Crippen LogP contribution in [-0.2, 0) is 6.54 Å². The Morgan fingerprint density at radius 3 is 2.29 bits per heavy atom. The number of carbonyl (C=O) groups excluding carboxylic acids is 2. The second-order valence-electron chi connectivity index (χ2n) is 6.40. The van der Waals surface area contributed by atoms with Gasteiger partial charge in [0.1, 0.15) is 11.4 Å². The Morgan fingerprint density at radius 1 is 0.893 bits per heavy atom. The van der Waals surface area contributed by atoms with Gasteiger partial charge in [0, 0.05) is 18.8 Å². The SMILES string of the molecule is CCN(C(=O)c1cccc(C(=O)NCc2ccccc2C)n1)c1ccccc1. The molecule has 2 aromatic carbocycles. The van der Waals surface area contributed by atoms with Crippen molar-refractivity contribution in [2.75, 3.05) is 11.4 Å². The molecule has 0 aliphatic carbocycles. The molecule has 0 spiro atoms. The number of carbonyl (C=O) groups is 2. The van der Waals surface area contributed by atoms with Crippen LogP contribution in [0.1, 0.15) is 39.0 Å². The van der Waals surface area contributed by atoms with Crippen LogP contribution < -0.4 is 10.2 Å². The number of para-hydroxylation sites is 1. The zero-order valence-corrected chi connectivity index (χ0v) is 16.1. The van der Waals surface area contributed by atoms with Crippen LogP contribution in [-0.4, -0.2) is 23.3 Å². The average Bonchev–Trinajstić information content (AvgIpc) is 2.74. The van der Waals surface area contributed by atoms with Crippen molar-refractivity contribution in [3.05, 3.63) is 95.3 Å². The third-order valence-corrected chi connectivity index (χ3v) is 4.53. The van der Waals surface area contributed by atoms with E-state index in [1.54, 1.807) is 23.1 Å². The third kappa shape index (κ3) is 4.43. The van der Waals surface area contributed by atoms with Gasteiger partial charge in [-0.2, -0.15) is 0 Å². The minimum Gasteiger partial charge on any atom is -0.347 e. The highest BCUT2D eigenvalue weighted by molar-refractivity contribution is 6.05. The van der Waals surface area contributed by atoms with Gasteiger partial charge in [-0.15, -0.1) is 0 Å². The zero-order chi connectivity index (χ0) is 19.9. The molecule has 0 unspecified atom stereocenters. The van der Waals surface area contributed by atoms with Gasteiger partial charge >= 0.3 is 0 Å². The standard InChI is InChI=1S/C23H23N3O2/c1-3-26(19-12-5-4-6-13-19)23(28)21-15-9-14-20(25-21)22(27)24-16-18-11-8-7-10-17(18)2/h4-15H,3,16H2,1-2H3,(H,24,27). The lowest BCUT2D eigenvalue weighted by atomic mass is 10.1. The minimum absolute atomic E-state index is 0.226. The van der Waals surface area contributed by atoms with Crippen molar-refractivity contribution in [2.24, 2.45) is 0 Å². The Labute approximate surface area is 165 Å². The van der Waals surface area contributed by atoms with Crippen molar-refractivity contribution in [1.82, 2.24) is 10.3 Å². The number of rotatable bonds is 6. The Bertz CT molecular complexity index is 970. The maximum atomic E-state index is 12.9. The normalized spacial score (nSPS) is 10.4. The van der Waals surface area contributed by atoms with Crippen LogP contribution in [0.25, 0.3) is 0 Å². The van der Waals surface area contributed by atoms with Crippen molar-refractivity contribution < 1.29 is 9.59 Å². The number of benzene rings is 2. The Balaban J connectivity index is 1.75. The van der Waals surface area contributed by atoms with Crippen LogP contribution in [0, 0.1) is 6.92 Å². The molecule has 1 aromatic heterocycles. The fourth-order valence-corrected chi connectivity index (χ4v) is 2.94. The molecule has 28 heavy (non-hydrogen) atoms. The molecular formula is C23H23N3O2. The Morgan fingerprint density at radius 2 is 1.57 bits per heavy atom. The van der Waals surface area contributed by atoms with Crippen LogP contribution in [0.3, 0.4) is 0 Å². The van der Waals surface area contributed by atoms with Gasteiger partial charge in [-0.3, -0.25) is 9.59 Å². The highest BCUT2D eigenvalue weighted by Crippen LogP contribution is 2.16. The molecule has 0 aliphatic rings. The average molecular weight is 373 g/mol. The smallest absolute Gasteiger partial charge is 0.276 e. The molecule has 3 rings (SSSR count). The van der Waals surface area contributed by atoms with Crippen molar-refractivity contribution in [3.8, 4) is 0 Å². The van der Waals surface area contributed by atoms with E-state index in [-0.39, 0.29) is 23.2 Å². The number of aromatic nitrogens is 1. The molecule has 1 heterocycles. The first-order chi connectivity index (χ1) is 13.6.